The first-order valence-corrected chi connectivity index (χ1v) is 5.42. The number of nitrogens with zero attached hydrogens (tertiary/aromatic N) is 2. The molecule has 0 aliphatic carbocycles. The van der Waals surface area contributed by atoms with Gasteiger partial charge < -0.3 is 4.74 Å². The Kier molecular flexibility index (Phi) is 3.27. The van der Waals surface area contributed by atoms with Crippen molar-refractivity contribution in [3.05, 3.63) is 59.2 Å². The number of aryl methyl sites for hydroxylation is 1. The molecule has 0 bridgehead atoms. The third-order valence-corrected chi connectivity index (χ3v) is 2.54. The molecule has 0 radical (unpaired) electrons. The van der Waals surface area contributed by atoms with Gasteiger partial charge in [-0.2, -0.15) is 10.5 Å². The predicted octanol–water partition coefficient (Wildman–Crippen LogP) is 3.53. The van der Waals surface area contributed by atoms with Crippen LogP contribution in [0.2, 0.25) is 0 Å². The summed E-state index contributed by atoms with van der Waals surface area (Å²) >= 11 is 0. The molecular formula is C15H10N2O. The number of nitriles is 2. The predicted molar refractivity (Wildman–Crippen MR) is 67.1 cm³/mol. The summed E-state index contributed by atoms with van der Waals surface area (Å²) in [4.78, 5) is 0. The van der Waals surface area contributed by atoms with E-state index in [0.717, 1.165) is 5.56 Å². The van der Waals surface area contributed by atoms with Gasteiger partial charge in [-0.3, -0.25) is 0 Å². The van der Waals surface area contributed by atoms with Crippen molar-refractivity contribution in [3.8, 4) is 23.6 Å². The molecule has 0 aliphatic heterocycles. The van der Waals surface area contributed by atoms with E-state index in [2.05, 4.69) is 6.07 Å². The monoisotopic (exact) mass is 234 g/mol. The lowest BCUT2D eigenvalue weighted by Crippen LogP contribution is -1.91. The van der Waals surface area contributed by atoms with Gasteiger partial charge >= 0.3 is 0 Å². The summed E-state index contributed by atoms with van der Waals surface area (Å²) in [5.41, 5.74) is 1.98. The summed E-state index contributed by atoms with van der Waals surface area (Å²) in [7, 11) is 0. The first kappa shape index (κ1) is 11.7. The molecule has 0 aromatic heterocycles. The van der Waals surface area contributed by atoms with E-state index in [1.165, 1.54) is 0 Å². The van der Waals surface area contributed by atoms with Crippen molar-refractivity contribution < 1.29 is 4.74 Å². The molecule has 0 fully saturated rings. The molecule has 0 unspecified atom stereocenters. The molecule has 0 spiro atoms. The van der Waals surface area contributed by atoms with Crippen LogP contribution >= 0.6 is 0 Å². The van der Waals surface area contributed by atoms with E-state index in [-0.39, 0.29) is 0 Å². The molecule has 0 heterocycles. The van der Waals surface area contributed by atoms with E-state index in [1.807, 2.05) is 25.1 Å². The maximum absolute atomic E-state index is 9.03. The lowest BCUT2D eigenvalue weighted by atomic mass is 10.1. The van der Waals surface area contributed by atoms with E-state index in [1.54, 1.807) is 30.3 Å². The molecule has 0 atom stereocenters. The summed E-state index contributed by atoms with van der Waals surface area (Å²) in [6.45, 7) is 1.89. The van der Waals surface area contributed by atoms with E-state index >= 15 is 0 Å². The highest BCUT2D eigenvalue weighted by Gasteiger charge is 2.07. The van der Waals surface area contributed by atoms with Crippen LogP contribution in [0.15, 0.2) is 42.5 Å². The van der Waals surface area contributed by atoms with Crippen LogP contribution in [0, 0.1) is 29.6 Å². The second-order valence-corrected chi connectivity index (χ2v) is 3.80. The molecule has 86 valence electrons. The second kappa shape index (κ2) is 5.03. The van der Waals surface area contributed by atoms with Gasteiger partial charge in [0, 0.05) is 0 Å². The highest BCUT2D eigenvalue weighted by atomic mass is 16.5. The summed E-state index contributed by atoms with van der Waals surface area (Å²) in [5, 5.41) is 17.7. The normalized spacial score (nSPS) is 9.28. The maximum atomic E-state index is 9.03. The third kappa shape index (κ3) is 2.31. The Labute approximate surface area is 105 Å². The van der Waals surface area contributed by atoms with Crippen LogP contribution in [-0.2, 0) is 0 Å². The highest BCUT2D eigenvalue weighted by Crippen LogP contribution is 2.28. The van der Waals surface area contributed by atoms with Gasteiger partial charge in [0.15, 0.2) is 0 Å². The van der Waals surface area contributed by atoms with Crippen LogP contribution < -0.4 is 4.74 Å². The Morgan fingerprint density at radius 1 is 0.944 bits per heavy atom. The first-order chi connectivity index (χ1) is 8.74. The van der Waals surface area contributed by atoms with Crippen LogP contribution in [0.25, 0.3) is 0 Å². The second-order valence-electron chi connectivity index (χ2n) is 3.80. The fourth-order valence-electron chi connectivity index (χ4n) is 1.59. The standard InChI is InChI=1S/C15H10N2O/c1-11-3-2-4-13(10-17)15(11)18-14-7-5-12(9-16)6-8-14/h2-8H,1H3. The highest BCUT2D eigenvalue weighted by molar-refractivity contribution is 5.50. The average molecular weight is 234 g/mol. The molecule has 18 heavy (non-hydrogen) atoms. The van der Waals surface area contributed by atoms with Crippen molar-refractivity contribution in [2.24, 2.45) is 0 Å². The molecule has 3 heteroatoms. The topological polar surface area (TPSA) is 56.8 Å². The van der Waals surface area contributed by atoms with E-state index < -0.39 is 0 Å². The van der Waals surface area contributed by atoms with Gasteiger partial charge in [0.05, 0.1) is 17.2 Å². The van der Waals surface area contributed by atoms with Gasteiger partial charge in [-0.1, -0.05) is 12.1 Å². The zero-order chi connectivity index (χ0) is 13.0. The average Bonchev–Trinajstić information content (AvgIpc) is 2.42. The van der Waals surface area contributed by atoms with Crippen LogP contribution in [-0.4, -0.2) is 0 Å². The van der Waals surface area contributed by atoms with Crippen molar-refractivity contribution in [1.29, 1.82) is 10.5 Å². The van der Waals surface area contributed by atoms with Crippen molar-refractivity contribution >= 4 is 0 Å². The molecule has 2 aromatic carbocycles. The number of hydrogen-bond acceptors (Lipinski definition) is 3. The zero-order valence-corrected chi connectivity index (χ0v) is 9.84. The summed E-state index contributed by atoms with van der Waals surface area (Å²) in [6.07, 6.45) is 0. The quantitative estimate of drug-likeness (QED) is 0.798. The Morgan fingerprint density at radius 3 is 2.28 bits per heavy atom. The lowest BCUT2D eigenvalue weighted by molar-refractivity contribution is 0.477. The van der Waals surface area contributed by atoms with E-state index in [0.29, 0.717) is 22.6 Å². The molecule has 2 rings (SSSR count). The van der Waals surface area contributed by atoms with Crippen molar-refractivity contribution in [2.45, 2.75) is 6.92 Å². The molecule has 0 saturated carbocycles. The van der Waals surface area contributed by atoms with Gasteiger partial charge in [-0.05, 0) is 42.8 Å². The van der Waals surface area contributed by atoms with Gasteiger partial charge in [-0.25, -0.2) is 0 Å². The van der Waals surface area contributed by atoms with Crippen LogP contribution in [0.4, 0.5) is 0 Å². The van der Waals surface area contributed by atoms with Gasteiger partial charge in [-0.15, -0.1) is 0 Å². The minimum absolute atomic E-state index is 0.499. The largest absolute Gasteiger partial charge is 0.456 e. The van der Waals surface area contributed by atoms with Crippen molar-refractivity contribution in [2.75, 3.05) is 0 Å². The summed E-state index contributed by atoms with van der Waals surface area (Å²) < 4.78 is 5.70. The van der Waals surface area contributed by atoms with E-state index in [4.69, 9.17) is 15.3 Å². The smallest absolute Gasteiger partial charge is 0.148 e. The first-order valence-electron chi connectivity index (χ1n) is 5.42. The molecule has 0 N–H and O–H groups in total. The Balaban J connectivity index is 2.34. The number of hydrogen-bond donors (Lipinski definition) is 0. The maximum Gasteiger partial charge on any atom is 0.148 e. The van der Waals surface area contributed by atoms with Gasteiger partial charge in [0.25, 0.3) is 0 Å². The van der Waals surface area contributed by atoms with Gasteiger partial charge in [0.1, 0.15) is 17.6 Å². The van der Waals surface area contributed by atoms with E-state index in [9.17, 15) is 0 Å². The van der Waals surface area contributed by atoms with Crippen LogP contribution in [0.1, 0.15) is 16.7 Å². The number of ether oxygens (including phenoxy) is 1. The van der Waals surface area contributed by atoms with Crippen LogP contribution in [0.5, 0.6) is 11.5 Å². The molecule has 2 aromatic rings. The molecule has 3 nitrogen and oxygen atoms in total. The molecule has 0 saturated heterocycles. The fraction of sp³-hybridized carbons (Fsp3) is 0.0667. The fourth-order valence-corrected chi connectivity index (χ4v) is 1.59. The SMILES string of the molecule is Cc1cccc(C#N)c1Oc1ccc(C#N)cc1. The van der Waals surface area contributed by atoms with Crippen molar-refractivity contribution in [1.82, 2.24) is 0 Å². The number of para-hydroxylation sites is 1. The Hall–Kier alpha value is -2.78. The number of rotatable bonds is 2. The Bertz CT molecular complexity index is 646. The van der Waals surface area contributed by atoms with Crippen molar-refractivity contribution in [3.63, 3.8) is 0 Å². The minimum atomic E-state index is 0.499. The molecule has 0 amide bonds. The number of benzene rings is 2. The van der Waals surface area contributed by atoms with Crippen LogP contribution in [0.3, 0.4) is 0 Å². The summed E-state index contributed by atoms with van der Waals surface area (Å²) in [6, 6.07) is 16.4. The lowest BCUT2D eigenvalue weighted by Gasteiger charge is -2.09. The summed E-state index contributed by atoms with van der Waals surface area (Å²) in [5.74, 6) is 1.17. The minimum Gasteiger partial charge on any atom is -0.456 e. The zero-order valence-electron chi connectivity index (χ0n) is 9.84. The van der Waals surface area contributed by atoms with Gasteiger partial charge in [0.2, 0.25) is 0 Å². The molecular weight excluding hydrogens is 224 g/mol. The third-order valence-electron chi connectivity index (χ3n) is 2.54. The Morgan fingerprint density at radius 2 is 1.67 bits per heavy atom. The molecule has 0 aliphatic rings.